The zero-order valence-corrected chi connectivity index (χ0v) is 55.1. The Morgan fingerprint density at radius 3 is 1.19 bits per heavy atom. The van der Waals surface area contributed by atoms with Crippen LogP contribution in [-0.2, 0) is 23.7 Å². The molecule has 9 N–H and O–H groups in total. The third kappa shape index (κ3) is 42.1. The number of aliphatic hydroxyl groups excluding tert-OH is 8. The number of hydrogen-bond donors (Lipinski definition) is 9. The molecule has 14 heteroatoms. The fourth-order valence-electron chi connectivity index (χ4n) is 10.6. The van der Waals surface area contributed by atoms with Crippen molar-refractivity contribution in [3.8, 4) is 0 Å². The normalized spacial score (nSPS) is 23.9. The Kier molecular flexibility index (Phi) is 52.9. The number of aliphatic hydroxyl groups is 8. The third-order valence-electron chi connectivity index (χ3n) is 16.1. The number of nitrogens with one attached hydrogen (secondary N) is 1. The number of carbonyl (C=O) groups is 1. The largest absolute Gasteiger partial charge is 0.394 e. The second-order valence-corrected chi connectivity index (χ2v) is 23.9. The molecule has 0 saturated carbocycles. The fourth-order valence-corrected chi connectivity index (χ4v) is 10.6. The summed E-state index contributed by atoms with van der Waals surface area (Å²) in [5, 5.41) is 87.4. The molecule has 2 fully saturated rings. The van der Waals surface area contributed by atoms with Gasteiger partial charge in [0.15, 0.2) is 12.6 Å². The minimum Gasteiger partial charge on any atom is -0.394 e. The summed E-state index contributed by atoms with van der Waals surface area (Å²) in [7, 11) is 0. The van der Waals surface area contributed by atoms with E-state index in [1.807, 2.05) is 6.08 Å². The molecule has 0 aromatic rings. The standard InChI is InChI=1S/C75H125NO13/c1-3-5-7-9-11-13-15-17-19-21-23-24-25-26-27-28-29-30-31-32-33-34-35-36-37-38-39-40-41-43-45-47-49-51-53-55-57-59-67(80)76-63(64(79)58-56-54-52-50-48-46-44-42-22-20-18-16-14-12-10-8-6-4-2)62-86-74-72(85)70(83)73(66(61-78)88-74)89-75-71(84)69(82)68(81)65(60-77)87-75/h5,7,11,13,17,19,23-24,26-27,29-30,32-33,35-36,38-39,41,43,56,58,63-66,68-75,77-79,81-85H,3-4,6,8-10,12,14-16,18,20-22,25,28,31,34,37,40,42,44-55,57,59-62H2,1-2H3,(H,76,80)/b7-5-,13-11-,19-17-,24-23-,27-26-,30-29-,33-32-,36-35-,39-38-,43-41-,58-56+. The average Bonchev–Trinajstić information content (AvgIpc) is 1.44. The van der Waals surface area contributed by atoms with Crippen molar-refractivity contribution in [3.05, 3.63) is 134 Å². The molecule has 2 saturated heterocycles. The van der Waals surface area contributed by atoms with Crippen molar-refractivity contribution in [2.24, 2.45) is 0 Å². The lowest BCUT2D eigenvalue weighted by Gasteiger charge is -2.46. The van der Waals surface area contributed by atoms with Crippen LogP contribution in [0.5, 0.6) is 0 Å². The quantitative estimate of drug-likeness (QED) is 0.0204. The number of amides is 1. The van der Waals surface area contributed by atoms with E-state index in [9.17, 15) is 45.6 Å². The van der Waals surface area contributed by atoms with E-state index in [2.05, 4.69) is 141 Å². The Balaban J connectivity index is 1.68. The Bertz CT molecular complexity index is 2010. The summed E-state index contributed by atoms with van der Waals surface area (Å²) in [6.07, 6.45) is 69.2. The van der Waals surface area contributed by atoms with E-state index in [0.717, 1.165) is 122 Å². The van der Waals surface area contributed by atoms with Crippen molar-refractivity contribution in [2.75, 3.05) is 19.8 Å². The summed E-state index contributed by atoms with van der Waals surface area (Å²) in [6.45, 7) is 2.67. The zero-order chi connectivity index (χ0) is 64.5. The lowest BCUT2D eigenvalue weighted by Crippen LogP contribution is -2.65. The van der Waals surface area contributed by atoms with Crippen molar-refractivity contribution in [2.45, 2.75) is 312 Å². The van der Waals surface area contributed by atoms with Crippen molar-refractivity contribution in [1.29, 1.82) is 0 Å². The van der Waals surface area contributed by atoms with Gasteiger partial charge in [-0.3, -0.25) is 4.79 Å². The molecule has 2 aliphatic rings. The zero-order valence-electron chi connectivity index (χ0n) is 55.1. The van der Waals surface area contributed by atoms with Crippen LogP contribution in [0.25, 0.3) is 0 Å². The Hall–Kier alpha value is -3.87. The summed E-state index contributed by atoms with van der Waals surface area (Å²) in [5.41, 5.74) is 0. The van der Waals surface area contributed by atoms with E-state index < -0.39 is 86.8 Å². The molecule has 2 rings (SSSR count). The van der Waals surface area contributed by atoms with E-state index in [1.54, 1.807) is 6.08 Å². The van der Waals surface area contributed by atoms with Gasteiger partial charge < -0.3 is 65.1 Å². The van der Waals surface area contributed by atoms with Gasteiger partial charge in [0.2, 0.25) is 5.91 Å². The molecule has 89 heavy (non-hydrogen) atoms. The van der Waals surface area contributed by atoms with Crippen LogP contribution in [0.3, 0.4) is 0 Å². The van der Waals surface area contributed by atoms with Crippen LogP contribution in [0, 0.1) is 0 Å². The van der Waals surface area contributed by atoms with Crippen LogP contribution in [0.1, 0.15) is 239 Å². The topological polar surface area (TPSA) is 228 Å². The highest BCUT2D eigenvalue weighted by Crippen LogP contribution is 2.30. The molecule has 0 spiro atoms. The van der Waals surface area contributed by atoms with Gasteiger partial charge >= 0.3 is 0 Å². The highest BCUT2D eigenvalue weighted by Gasteiger charge is 2.51. The second kappa shape index (κ2) is 58.0. The van der Waals surface area contributed by atoms with Crippen molar-refractivity contribution < 1.29 is 64.6 Å². The van der Waals surface area contributed by atoms with E-state index in [0.29, 0.717) is 6.42 Å². The van der Waals surface area contributed by atoms with Crippen LogP contribution in [0.4, 0.5) is 0 Å². The van der Waals surface area contributed by atoms with Gasteiger partial charge in [0, 0.05) is 6.42 Å². The number of ether oxygens (including phenoxy) is 4. The molecule has 0 aromatic carbocycles. The summed E-state index contributed by atoms with van der Waals surface area (Å²) in [5.74, 6) is -0.258. The monoisotopic (exact) mass is 1250 g/mol. The highest BCUT2D eigenvalue weighted by atomic mass is 16.7. The SMILES string of the molecule is CC/C=C\C/C=C\C/C=C\C/C=C\C/C=C\C/C=C\C/C=C\C/C=C\C/C=C\C/C=C\CCCCCCCCC(=O)NC(COC1OC(CO)C(OC2OC(CO)C(O)C(O)C2O)C(O)C1O)C(O)/C=C/CCCCCCCCCCCCCCCCCC. The molecule has 0 radical (unpaired) electrons. The molecule has 12 unspecified atom stereocenters. The van der Waals surface area contributed by atoms with E-state index >= 15 is 0 Å². The van der Waals surface area contributed by atoms with Gasteiger partial charge in [-0.05, 0) is 96.3 Å². The Morgan fingerprint density at radius 2 is 0.775 bits per heavy atom. The molecule has 12 atom stereocenters. The molecule has 0 aliphatic carbocycles. The number of rotatable bonds is 55. The highest BCUT2D eigenvalue weighted by molar-refractivity contribution is 5.76. The van der Waals surface area contributed by atoms with Gasteiger partial charge in [0.25, 0.3) is 0 Å². The molecule has 2 aliphatic heterocycles. The van der Waals surface area contributed by atoms with E-state index in [1.165, 1.54) is 89.9 Å². The third-order valence-corrected chi connectivity index (χ3v) is 16.1. The maximum Gasteiger partial charge on any atom is 0.220 e. The first-order valence-electron chi connectivity index (χ1n) is 34.9. The van der Waals surface area contributed by atoms with Crippen molar-refractivity contribution in [3.63, 3.8) is 0 Å². The van der Waals surface area contributed by atoms with Crippen molar-refractivity contribution >= 4 is 5.91 Å². The minimum absolute atomic E-state index is 0.256. The van der Waals surface area contributed by atoms with E-state index in [-0.39, 0.29) is 18.9 Å². The number of hydrogen-bond acceptors (Lipinski definition) is 13. The lowest BCUT2D eigenvalue weighted by atomic mass is 9.97. The molecule has 1 amide bonds. The molecule has 508 valence electrons. The van der Waals surface area contributed by atoms with Gasteiger partial charge in [0.1, 0.15) is 48.8 Å². The second-order valence-electron chi connectivity index (χ2n) is 23.9. The van der Waals surface area contributed by atoms with Gasteiger partial charge in [-0.1, -0.05) is 270 Å². The summed E-state index contributed by atoms with van der Waals surface area (Å²) in [6, 6.07) is -0.933. The Labute approximate surface area is 539 Å². The minimum atomic E-state index is -1.80. The number of unbranched alkanes of at least 4 members (excludes halogenated alkanes) is 22. The first kappa shape index (κ1) is 81.2. The van der Waals surface area contributed by atoms with Gasteiger partial charge in [-0.15, -0.1) is 0 Å². The molecule has 2 heterocycles. The first-order chi connectivity index (χ1) is 43.6. The molecule has 0 bridgehead atoms. The predicted octanol–water partition coefficient (Wildman–Crippen LogP) is 14.3. The van der Waals surface area contributed by atoms with Crippen LogP contribution in [0.2, 0.25) is 0 Å². The smallest absolute Gasteiger partial charge is 0.220 e. The maximum absolute atomic E-state index is 13.3. The first-order valence-corrected chi connectivity index (χ1v) is 34.9. The van der Waals surface area contributed by atoms with Gasteiger partial charge in [-0.2, -0.15) is 0 Å². The molecule has 0 aromatic heterocycles. The van der Waals surface area contributed by atoms with Gasteiger partial charge in [-0.25, -0.2) is 0 Å². The van der Waals surface area contributed by atoms with Crippen LogP contribution in [0.15, 0.2) is 134 Å². The number of carbonyl (C=O) groups excluding carboxylic acids is 1. The molecular weight excluding hydrogens is 1120 g/mol. The average molecular weight is 1250 g/mol. The summed E-state index contributed by atoms with van der Waals surface area (Å²) in [4.78, 5) is 13.3. The molecular formula is C75H125NO13. The fraction of sp³-hybridized carbons (Fsp3) is 0.693. The van der Waals surface area contributed by atoms with Gasteiger partial charge in [0.05, 0.1) is 32.0 Å². The lowest BCUT2D eigenvalue weighted by molar-refractivity contribution is -0.359. The van der Waals surface area contributed by atoms with Crippen LogP contribution in [-0.4, -0.2) is 140 Å². The predicted molar refractivity (Wildman–Crippen MR) is 364 cm³/mol. The summed E-state index contributed by atoms with van der Waals surface area (Å²) < 4.78 is 22.8. The molecule has 14 nitrogen and oxygen atoms in total. The van der Waals surface area contributed by atoms with Crippen molar-refractivity contribution in [1.82, 2.24) is 5.32 Å². The maximum atomic E-state index is 13.3. The Morgan fingerprint density at radius 1 is 0.416 bits per heavy atom. The summed E-state index contributed by atoms with van der Waals surface area (Å²) >= 11 is 0. The number of allylic oxidation sites excluding steroid dienone is 21. The van der Waals surface area contributed by atoms with Crippen LogP contribution < -0.4 is 5.32 Å². The van der Waals surface area contributed by atoms with E-state index in [4.69, 9.17) is 18.9 Å². The van der Waals surface area contributed by atoms with Crippen LogP contribution >= 0.6 is 0 Å².